The van der Waals surface area contributed by atoms with Crippen LogP contribution in [0.1, 0.15) is 23.9 Å². The molecule has 0 radical (unpaired) electrons. The number of rotatable bonds is 2. The van der Waals surface area contributed by atoms with E-state index in [4.69, 9.17) is 11.6 Å². The van der Waals surface area contributed by atoms with Crippen molar-refractivity contribution >= 4 is 11.6 Å². The summed E-state index contributed by atoms with van der Waals surface area (Å²) >= 11 is 6.08. The molecule has 0 aliphatic rings. The largest absolute Gasteiger partial charge is 0.318 e. The van der Waals surface area contributed by atoms with E-state index in [9.17, 15) is 0 Å². The summed E-state index contributed by atoms with van der Waals surface area (Å²) in [5, 5.41) is 0.791. The molecule has 2 aromatic rings. The molecule has 0 unspecified atom stereocenters. The summed E-state index contributed by atoms with van der Waals surface area (Å²) in [4.78, 5) is 0. The summed E-state index contributed by atoms with van der Waals surface area (Å²) in [6.07, 6.45) is 1.02. The van der Waals surface area contributed by atoms with Gasteiger partial charge in [-0.2, -0.15) is 0 Å². The minimum atomic E-state index is 0.791. The SMILES string of the molecule is CCc1ccc(Cl)cc1-n1c(C)ccc1C. The van der Waals surface area contributed by atoms with Gasteiger partial charge in [0.05, 0.1) is 5.69 Å². The number of aromatic nitrogens is 1. The molecule has 1 aromatic carbocycles. The minimum Gasteiger partial charge on any atom is -0.318 e. The molecule has 0 aliphatic carbocycles. The van der Waals surface area contributed by atoms with Gasteiger partial charge in [0.25, 0.3) is 0 Å². The Labute approximate surface area is 102 Å². The molecule has 2 rings (SSSR count). The highest BCUT2D eigenvalue weighted by molar-refractivity contribution is 6.30. The molecule has 0 fully saturated rings. The van der Waals surface area contributed by atoms with Gasteiger partial charge in [0.2, 0.25) is 0 Å². The number of aryl methyl sites for hydroxylation is 3. The highest BCUT2D eigenvalue weighted by atomic mass is 35.5. The van der Waals surface area contributed by atoms with Crippen molar-refractivity contribution in [3.63, 3.8) is 0 Å². The van der Waals surface area contributed by atoms with Crippen molar-refractivity contribution in [1.82, 2.24) is 4.57 Å². The molecule has 1 aromatic heterocycles. The summed E-state index contributed by atoms with van der Waals surface area (Å²) in [7, 11) is 0. The van der Waals surface area contributed by atoms with Crippen LogP contribution >= 0.6 is 11.6 Å². The average molecular weight is 234 g/mol. The van der Waals surface area contributed by atoms with Crippen LogP contribution in [0.2, 0.25) is 5.02 Å². The van der Waals surface area contributed by atoms with Gasteiger partial charge in [-0.05, 0) is 50.1 Å². The van der Waals surface area contributed by atoms with E-state index >= 15 is 0 Å². The summed E-state index contributed by atoms with van der Waals surface area (Å²) in [6.45, 7) is 6.40. The first-order valence-corrected chi connectivity index (χ1v) is 5.95. The number of hydrogen-bond donors (Lipinski definition) is 0. The molecule has 16 heavy (non-hydrogen) atoms. The lowest BCUT2D eigenvalue weighted by Gasteiger charge is -2.14. The summed E-state index contributed by atoms with van der Waals surface area (Å²) in [5.41, 5.74) is 5.02. The highest BCUT2D eigenvalue weighted by Gasteiger charge is 2.08. The first kappa shape index (κ1) is 11.3. The maximum absolute atomic E-state index is 6.08. The number of halogens is 1. The molecule has 1 heterocycles. The van der Waals surface area contributed by atoms with Crippen molar-refractivity contribution in [3.05, 3.63) is 52.3 Å². The smallest absolute Gasteiger partial charge is 0.0501 e. The highest BCUT2D eigenvalue weighted by Crippen LogP contribution is 2.24. The quantitative estimate of drug-likeness (QED) is 0.729. The molecule has 0 bridgehead atoms. The molecule has 84 valence electrons. The van der Waals surface area contributed by atoms with Gasteiger partial charge in [0.15, 0.2) is 0 Å². The van der Waals surface area contributed by atoms with E-state index in [1.165, 1.54) is 22.6 Å². The van der Waals surface area contributed by atoms with Crippen molar-refractivity contribution in [3.8, 4) is 5.69 Å². The molecule has 0 amide bonds. The molecule has 1 nitrogen and oxygen atoms in total. The minimum absolute atomic E-state index is 0.791. The van der Waals surface area contributed by atoms with Gasteiger partial charge in [-0.15, -0.1) is 0 Å². The molecular formula is C14H16ClN. The predicted molar refractivity (Wildman–Crippen MR) is 69.6 cm³/mol. The number of nitrogens with zero attached hydrogens (tertiary/aromatic N) is 1. The zero-order valence-corrected chi connectivity index (χ0v) is 10.7. The van der Waals surface area contributed by atoms with Crippen molar-refractivity contribution < 1.29 is 0 Å². The molecule has 0 atom stereocenters. The Morgan fingerprint density at radius 2 is 1.69 bits per heavy atom. The van der Waals surface area contributed by atoms with Gasteiger partial charge < -0.3 is 4.57 Å². The van der Waals surface area contributed by atoms with Crippen molar-refractivity contribution in [2.75, 3.05) is 0 Å². The topological polar surface area (TPSA) is 4.93 Å². The van der Waals surface area contributed by atoms with Crippen LogP contribution in [-0.2, 0) is 6.42 Å². The van der Waals surface area contributed by atoms with Crippen LogP contribution in [0.4, 0.5) is 0 Å². The normalized spacial score (nSPS) is 10.8. The van der Waals surface area contributed by atoms with Gasteiger partial charge in [0, 0.05) is 16.4 Å². The second kappa shape index (κ2) is 4.34. The molecular weight excluding hydrogens is 218 g/mol. The Kier molecular flexibility index (Phi) is 3.06. The van der Waals surface area contributed by atoms with E-state index in [1.807, 2.05) is 12.1 Å². The number of hydrogen-bond acceptors (Lipinski definition) is 0. The lowest BCUT2D eigenvalue weighted by Crippen LogP contribution is -2.02. The van der Waals surface area contributed by atoms with E-state index in [2.05, 4.69) is 43.5 Å². The Balaban J connectivity index is 2.67. The first-order chi connectivity index (χ1) is 7.63. The van der Waals surface area contributed by atoms with Crippen molar-refractivity contribution in [1.29, 1.82) is 0 Å². The van der Waals surface area contributed by atoms with Crippen LogP contribution in [0, 0.1) is 13.8 Å². The molecule has 0 aliphatic heterocycles. The summed E-state index contributed by atoms with van der Waals surface area (Å²) in [6, 6.07) is 10.4. The third-order valence-electron chi connectivity index (χ3n) is 2.94. The molecule has 0 spiro atoms. The molecule has 0 saturated heterocycles. The Morgan fingerprint density at radius 1 is 1.06 bits per heavy atom. The third kappa shape index (κ3) is 1.88. The maximum atomic E-state index is 6.08. The monoisotopic (exact) mass is 233 g/mol. The Hall–Kier alpha value is -1.21. The standard InChI is InChI=1S/C14H16ClN/c1-4-12-7-8-13(15)9-14(12)16-10(2)5-6-11(16)3/h5-9H,4H2,1-3H3. The lowest BCUT2D eigenvalue weighted by atomic mass is 10.1. The molecule has 0 N–H and O–H groups in total. The summed E-state index contributed by atoms with van der Waals surface area (Å²) < 4.78 is 2.25. The van der Waals surface area contributed by atoms with E-state index in [-0.39, 0.29) is 0 Å². The molecule has 0 saturated carbocycles. The Bertz CT molecular complexity index is 492. The van der Waals surface area contributed by atoms with Crippen molar-refractivity contribution in [2.24, 2.45) is 0 Å². The van der Waals surface area contributed by atoms with E-state index in [0.29, 0.717) is 0 Å². The molecule has 2 heteroatoms. The maximum Gasteiger partial charge on any atom is 0.0501 e. The van der Waals surface area contributed by atoms with Crippen LogP contribution in [-0.4, -0.2) is 4.57 Å². The zero-order valence-electron chi connectivity index (χ0n) is 9.92. The van der Waals surface area contributed by atoms with Gasteiger partial charge in [-0.1, -0.05) is 24.6 Å². The predicted octanol–water partition coefficient (Wildman–Crippen LogP) is 4.31. The van der Waals surface area contributed by atoms with Crippen LogP contribution in [0.15, 0.2) is 30.3 Å². The Morgan fingerprint density at radius 3 is 2.25 bits per heavy atom. The number of benzene rings is 1. The van der Waals surface area contributed by atoms with Gasteiger partial charge >= 0.3 is 0 Å². The second-order valence-electron chi connectivity index (χ2n) is 4.08. The fraction of sp³-hybridized carbons (Fsp3) is 0.286. The van der Waals surface area contributed by atoms with E-state index < -0.39 is 0 Å². The average Bonchev–Trinajstić information content (AvgIpc) is 2.58. The van der Waals surface area contributed by atoms with Crippen LogP contribution < -0.4 is 0 Å². The lowest BCUT2D eigenvalue weighted by molar-refractivity contribution is 0.937. The van der Waals surface area contributed by atoms with E-state index in [0.717, 1.165) is 11.4 Å². The fourth-order valence-electron chi connectivity index (χ4n) is 2.09. The van der Waals surface area contributed by atoms with E-state index in [1.54, 1.807) is 0 Å². The van der Waals surface area contributed by atoms with Crippen molar-refractivity contribution in [2.45, 2.75) is 27.2 Å². The third-order valence-corrected chi connectivity index (χ3v) is 3.18. The van der Waals surface area contributed by atoms with Gasteiger partial charge in [-0.25, -0.2) is 0 Å². The van der Waals surface area contributed by atoms with Crippen LogP contribution in [0.3, 0.4) is 0 Å². The van der Waals surface area contributed by atoms with Crippen LogP contribution in [0.5, 0.6) is 0 Å². The van der Waals surface area contributed by atoms with Crippen LogP contribution in [0.25, 0.3) is 5.69 Å². The van der Waals surface area contributed by atoms with Gasteiger partial charge in [0.1, 0.15) is 0 Å². The summed E-state index contributed by atoms with van der Waals surface area (Å²) in [5.74, 6) is 0. The zero-order chi connectivity index (χ0) is 11.7. The van der Waals surface area contributed by atoms with Gasteiger partial charge in [-0.3, -0.25) is 0 Å². The fourth-order valence-corrected chi connectivity index (χ4v) is 2.26. The first-order valence-electron chi connectivity index (χ1n) is 5.57. The second-order valence-corrected chi connectivity index (χ2v) is 4.51.